The largest absolute Gasteiger partial charge is 0.478 e. The van der Waals surface area contributed by atoms with E-state index in [2.05, 4.69) is 0 Å². The van der Waals surface area contributed by atoms with Crippen molar-refractivity contribution in [2.24, 2.45) is 5.41 Å². The monoisotopic (exact) mass is 220 g/mol. The molecule has 3 nitrogen and oxygen atoms in total. The minimum atomic E-state index is -1.10. The van der Waals surface area contributed by atoms with Gasteiger partial charge in [0.15, 0.2) is 5.78 Å². The third kappa shape index (κ3) is 1.51. The topological polar surface area (TPSA) is 54.4 Å². The molecule has 0 unspecified atom stereocenters. The highest BCUT2D eigenvalue weighted by atomic mass is 16.4. The first kappa shape index (κ1) is 11.1. The predicted octanol–water partition coefficient (Wildman–Crippen LogP) is 2.48. The quantitative estimate of drug-likeness (QED) is 0.691. The van der Waals surface area contributed by atoms with Crippen molar-refractivity contribution in [2.45, 2.75) is 39.5 Å². The zero-order valence-electron chi connectivity index (χ0n) is 9.67. The lowest BCUT2D eigenvalue weighted by atomic mass is 9.65. The molecule has 2 aliphatic carbocycles. The van der Waals surface area contributed by atoms with Crippen LogP contribution < -0.4 is 0 Å². The second kappa shape index (κ2) is 3.58. The molecule has 0 spiro atoms. The number of hydrogen-bond acceptors (Lipinski definition) is 2. The summed E-state index contributed by atoms with van der Waals surface area (Å²) < 4.78 is 0. The van der Waals surface area contributed by atoms with Crippen molar-refractivity contribution >= 4 is 11.8 Å². The lowest BCUT2D eigenvalue weighted by molar-refractivity contribution is -0.134. The fourth-order valence-corrected chi connectivity index (χ4v) is 2.89. The number of carboxylic acids is 1. The van der Waals surface area contributed by atoms with Gasteiger partial charge in [0.2, 0.25) is 0 Å². The molecule has 0 aliphatic heterocycles. The molecule has 0 saturated heterocycles. The normalized spacial score (nSPS) is 29.9. The highest BCUT2D eigenvalue weighted by molar-refractivity contribution is 6.24. The zero-order chi connectivity index (χ0) is 11.9. The van der Waals surface area contributed by atoms with Crippen molar-refractivity contribution in [1.82, 2.24) is 0 Å². The van der Waals surface area contributed by atoms with Gasteiger partial charge in [0.25, 0.3) is 0 Å². The molecule has 86 valence electrons. The van der Waals surface area contributed by atoms with Crippen LogP contribution in [0.5, 0.6) is 0 Å². The van der Waals surface area contributed by atoms with Gasteiger partial charge < -0.3 is 5.11 Å². The number of carboxylic acid groups (broad SMARTS) is 1. The first-order valence-electron chi connectivity index (χ1n) is 5.67. The molecule has 2 aliphatic rings. The first-order chi connectivity index (χ1) is 7.46. The molecule has 2 rings (SSSR count). The molecule has 0 radical (unpaired) electrons. The molecule has 1 atom stereocenters. The number of Topliss-reactive ketones (excluding diaryl/α,β-unsaturated/α-hetero) is 1. The van der Waals surface area contributed by atoms with Crippen molar-refractivity contribution in [3.63, 3.8) is 0 Å². The third-order valence-corrected chi connectivity index (χ3v) is 3.79. The fourth-order valence-electron chi connectivity index (χ4n) is 2.89. The number of carbonyl (C=O) groups is 2. The number of ketones is 1. The maximum absolute atomic E-state index is 11.9. The Morgan fingerprint density at radius 1 is 1.44 bits per heavy atom. The van der Waals surface area contributed by atoms with Gasteiger partial charge in [-0.3, -0.25) is 4.79 Å². The summed E-state index contributed by atoms with van der Waals surface area (Å²) in [5.41, 5.74) is 1.55. The summed E-state index contributed by atoms with van der Waals surface area (Å²) in [6.07, 6.45) is 5.75. The predicted molar refractivity (Wildman–Crippen MR) is 60.0 cm³/mol. The summed E-state index contributed by atoms with van der Waals surface area (Å²) in [5, 5.41) is 9.02. The highest BCUT2D eigenvalue weighted by Gasteiger charge is 2.39. The molecule has 0 bridgehead atoms. The van der Waals surface area contributed by atoms with Gasteiger partial charge in [-0.15, -0.1) is 0 Å². The summed E-state index contributed by atoms with van der Waals surface area (Å²) in [6.45, 7) is 3.80. The number of fused-ring (bicyclic) bond motifs is 1. The third-order valence-electron chi connectivity index (χ3n) is 3.79. The van der Waals surface area contributed by atoms with Crippen molar-refractivity contribution in [1.29, 1.82) is 0 Å². The van der Waals surface area contributed by atoms with Gasteiger partial charge in [0, 0.05) is 5.41 Å². The number of rotatable bonds is 1. The van der Waals surface area contributed by atoms with Gasteiger partial charge in [-0.2, -0.15) is 0 Å². The minimum absolute atomic E-state index is 0.0503. The van der Waals surface area contributed by atoms with Crippen LogP contribution in [0.1, 0.15) is 39.5 Å². The Labute approximate surface area is 94.8 Å². The maximum atomic E-state index is 11.9. The number of allylic oxidation sites excluding steroid dienone is 3. The van der Waals surface area contributed by atoms with E-state index in [4.69, 9.17) is 5.11 Å². The minimum Gasteiger partial charge on any atom is -0.478 e. The molecule has 0 amide bonds. The van der Waals surface area contributed by atoms with Crippen LogP contribution in [0, 0.1) is 5.41 Å². The van der Waals surface area contributed by atoms with E-state index in [-0.39, 0.29) is 16.8 Å². The van der Waals surface area contributed by atoms with Crippen LogP contribution in [-0.2, 0) is 9.59 Å². The van der Waals surface area contributed by atoms with E-state index in [0.717, 1.165) is 31.3 Å². The number of aliphatic carboxylic acids is 1. The standard InChI is InChI=1S/C13H16O3/c1-8-10-5-3-4-6-13(10,2)7-9(11(8)14)12(15)16/h7H,3-6H2,1-2H3,(H,15,16)/t13-/m1/s1. The Kier molecular flexibility index (Phi) is 2.49. The van der Waals surface area contributed by atoms with Gasteiger partial charge in [-0.1, -0.05) is 25.0 Å². The summed E-state index contributed by atoms with van der Waals surface area (Å²) in [4.78, 5) is 22.9. The van der Waals surface area contributed by atoms with E-state index in [1.165, 1.54) is 0 Å². The molecule has 16 heavy (non-hydrogen) atoms. The van der Waals surface area contributed by atoms with Gasteiger partial charge >= 0.3 is 5.97 Å². The van der Waals surface area contributed by atoms with Gasteiger partial charge in [0.1, 0.15) is 5.57 Å². The summed E-state index contributed by atoms with van der Waals surface area (Å²) in [5.74, 6) is -1.41. The van der Waals surface area contributed by atoms with Crippen LogP contribution in [0.4, 0.5) is 0 Å². The van der Waals surface area contributed by atoms with Crippen molar-refractivity contribution in [2.75, 3.05) is 0 Å². The van der Waals surface area contributed by atoms with Crippen LogP contribution in [-0.4, -0.2) is 16.9 Å². The second-order valence-electron chi connectivity index (χ2n) is 4.92. The van der Waals surface area contributed by atoms with Crippen LogP contribution in [0.2, 0.25) is 0 Å². The summed E-state index contributed by atoms with van der Waals surface area (Å²) in [6, 6.07) is 0. The number of carbonyl (C=O) groups excluding carboxylic acids is 1. The Bertz CT molecular complexity index is 428. The lowest BCUT2D eigenvalue weighted by Gasteiger charge is -2.38. The lowest BCUT2D eigenvalue weighted by Crippen LogP contribution is -2.31. The van der Waals surface area contributed by atoms with Crippen LogP contribution >= 0.6 is 0 Å². The summed E-state index contributed by atoms with van der Waals surface area (Å²) >= 11 is 0. The fraction of sp³-hybridized carbons (Fsp3) is 0.538. The van der Waals surface area contributed by atoms with Crippen molar-refractivity contribution in [3.8, 4) is 0 Å². The molecule has 0 aromatic rings. The van der Waals surface area contributed by atoms with Gasteiger partial charge in [-0.05, 0) is 31.8 Å². The second-order valence-corrected chi connectivity index (χ2v) is 4.92. The Morgan fingerprint density at radius 2 is 2.12 bits per heavy atom. The Morgan fingerprint density at radius 3 is 2.75 bits per heavy atom. The highest BCUT2D eigenvalue weighted by Crippen LogP contribution is 2.46. The van der Waals surface area contributed by atoms with Crippen LogP contribution in [0.3, 0.4) is 0 Å². The Hall–Kier alpha value is -1.38. The van der Waals surface area contributed by atoms with Crippen molar-refractivity contribution < 1.29 is 14.7 Å². The molecule has 0 aromatic heterocycles. The zero-order valence-corrected chi connectivity index (χ0v) is 9.67. The van der Waals surface area contributed by atoms with Gasteiger partial charge in [0.05, 0.1) is 0 Å². The Balaban J connectivity index is 2.52. The average molecular weight is 220 g/mol. The molecule has 0 aromatic carbocycles. The van der Waals surface area contributed by atoms with E-state index < -0.39 is 5.97 Å². The maximum Gasteiger partial charge on any atom is 0.339 e. The van der Waals surface area contributed by atoms with Crippen LogP contribution in [0.15, 0.2) is 22.8 Å². The first-order valence-corrected chi connectivity index (χ1v) is 5.67. The van der Waals surface area contributed by atoms with E-state index in [0.29, 0.717) is 5.57 Å². The smallest absolute Gasteiger partial charge is 0.339 e. The molecule has 0 heterocycles. The van der Waals surface area contributed by atoms with E-state index in [1.54, 1.807) is 13.0 Å². The molecular formula is C13H16O3. The van der Waals surface area contributed by atoms with Crippen molar-refractivity contribution in [3.05, 3.63) is 22.8 Å². The van der Waals surface area contributed by atoms with Crippen LogP contribution in [0.25, 0.3) is 0 Å². The van der Waals surface area contributed by atoms with E-state index in [9.17, 15) is 9.59 Å². The average Bonchev–Trinajstić information content (AvgIpc) is 2.23. The molecular weight excluding hydrogens is 204 g/mol. The molecule has 1 saturated carbocycles. The molecule has 1 fully saturated rings. The number of hydrogen-bond donors (Lipinski definition) is 1. The van der Waals surface area contributed by atoms with E-state index >= 15 is 0 Å². The molecule has 1 N–H and O–H groups in total. The SMILES string of the molecule is CC1=C2CCCC[C@]2(C)C=C(C(=O)O)C1=O. The summed E-state index contributed by atoms with van der Waals surface area (Å²) in [7, 11) is 0. The molecule has 3 heteroatoms. The van der Waals surface area contributed by atoms with Gasteiger partial charge in [-0.25, -0.2) is 4.79 Å². The van der Waals surface area contributed by atoms with E-state index in [1.807, 2.05) is 6.92 Å².